The minimum atomic E-state index is -0.416. The van der Waals surface area contributed by atoms with Crippen LogP contribution in [0.25, 0.3) is 0 Å². The lowest BCUT2D eigenvalue weighted by Crippen LogP contribution is -2.07. The first-order valence-corrected chi connectivity index (χ1v) is 2.67. The van der Waals surface area contributed by atoms with Crippen molar-refractivity contribution in [3.63, 3.8) is 0 Å². The summed E-state index contributed by atoms with van der Waals surface area (Å²) in [5, 5.41) is 0. The Morgan fingerprint density at radius 2 is 2.10 bits per heavy atom. The Morgan fingerprint density at radius 3 is 2.60 bits per heavy atom. The maximum atomic E-state index is 10.4. The van der Waals surface area contributed by atoms with Crippen molar-refractivity contribution in [2.24, 2.45) is 0 Å². The van der Waals surface area contributed by atoms with E-state index in [1.54, 1.807) is 0 Å². The van der Waals surface area contributed by atoms with E-state index in [2.05, 4.69) is 14.2 Å². The number of esters is 1. The Hall–Kier alpha value is -1.19. The van der Waals surface area contributed by atoms with Gasteiger partial charge in [0, 0.05) is 0 Å². The lowest BCUT2D eigenvalue weighted by molar-refractivity contribution is -0.144. The number of rotatable bonds is 4. The van der Waals surface area contributed by atoms with Gasteiger partial charge in [0.1, 0.15) is 12.5 Å². The molecule has 0 aliphatic rings. The summed E-state index contributed by atoms with van der Waals surface area (Å²) >= 11 is 0. The van der Waals surface area contributed by atoms with Crippen LogP contribution in [-0.4, -0.2) is 26.8 Å². The third-order valence-corrected chi connectivity index (χ3v) is 0.717. The monoisotopic (exact) mass is 146 g/mol. The Labute approximate surface area is 59.4 Å². The first kappa shape index (κ1) is 8.81. The zero-order chi connectivity index (χ0) is 7.82. The number of methoxy groups -OCH3 is 2. The molecule has 0 fully saturated rings. The molecule has 0 N–H and O–H groups in total. The summed E-state index contributed by atoms with van der Waals surface area (Å²) in [4.78, 5) is 10.4. The number of carbonyl (C=O) groups is 1. The normalized spacial score (nSPS) is 9.40. The molecule has 0 aliphatic heterocycles. The van der Waals surface area contributed by atoms with E-state index in [0.717, 1.165) is 0 Å². The van der Waals surface area contributed by atoms with Gasteiger partial charge in [-0.2, -0.15) is 0 Å². The topological polar surface area (TPSA) is 44.8 Å². The van der Waals surface area contributed by atoms with Crippen LogP contribution in [0, 0.1) is 0 Å². The molecule has 0 amide bonds. The van der Waals surface area contributed by atoms with Crippen molar-refractivity contribution in [2.75, 3.05) is 20.8 Å². The Morgan fingerprint density at radius 1 is 1.40 bits per heavy atom. The van der Waals surface area contributed by atoms with Crippen LogP contribution in [0.4, 0.5) is 0 Å². The van der Waals surface area contributed by atoms with E-state index in [-0.39, 0.29) is 6.61 Å². The van der Waals surface area contributed by atoms with Crippen LogP contribution in [0.2, 0.25) is 0 Å². The van der Waals surface area contributed by atoms with Gasteiger partial charge in [-0.15, -0.1) is 0 Å². The molecule has 10 heavy (non-hydrogen) atoms. The SMILES string of the molecule is COC=COCC(=O)OC. The van der Waals surface area contributed by atoms with Crippen LogP contribution in [0.15, 0.2) is 12.5 Å². The van der Waals surface area contributed by atoms with Crippen LogP contribution >= 0.6 is 0 Å². The van der Waals surface area contributed by atoms with E-state index in [9.17, 15) is 4.79 Å². The molecule has 0 unspecified atom stereocenters. The summed E-state index contributed by atoms with van der Waals surface area (Å²) in [7, 11) is 2.78. The fraction of sp³-hybridized carbons (Fsp3) is 0.500. The third kappa shape index (κ3) is 4.96. The lowest BCUT2D eigenvalue weighted by Gasteiger charge is -1.96. The van der Waals surface area contributed by atoms with Crippen LogP contribution < -0.4 is 0 Å². The summed E-state index contributed by atoms with van der Waals surface area (Å²) < 4.78 is 13.4. The molecule has 0 spiro atoms. The molecule has 4 heteroatoms. The van der Waals surface area contributed by atoms with E-state index in [4.69, 9.17) is 0 Å². The van der Waals surface area contributed by atoms with E-state index in [1.165, 1.54) is 26.7 Å². The van der Waals surface area contributed by atoms with Crippen LogP contribution in [0.1, 0.15) is 0 Å². The van der Waals surface area contributed by atoms with Crippen molar-refractivity contribution in [1.82, 2.24) is 0 Å². The quantitative estimate of drug-likeness (QED) is 0.422. The minimum absolute atomic E-state index is 0.0869. The van der Waals surface area contributed by atoms with Crippen molar-refractivity contribution in [3.05, 3.63) is 12.5 Å². The molecule has 0 aromatic carbocycles. The molecule has 0 bridgehead atoms. The van der Waals surface area contributed by atoms with Crippen molar-refractivity contribution >= 4 is 5.97 Å². The zero-order valence-electron chi connectivity index (χ0n) is 5.99. The first-order chi connectivity index (χ1) is 4.81. The fourth-order valence-corrected chi connectivity index (χ4v) is 0.270. The van der Waals surface area contributed by atoms with Gasteiger partial charge in [-0.05, 0) is 0 Å². The number of ether oxygens (including phenoxy) is 3. The van der Waals surface area contributed by atoms with E-state index < -0.39 is 5.97 Å². The zero-order valence-corrected chi connectivity index (χ0v) is 5.99. The molecular weight excluding hydrogens is 136 g/mol. The third-order valence-electron chi connectivity index (χ3n) is 0.717. The summed E-state index contributed by atoms with van der Waals surface area (Å²) in [5.41, 5.74) is 0. The van der Waals surface area contributed by atoms with E-state index in [1.807, 2.05) is 0 Å². The largest absolute Gasteiger partial charge is 0.501 e. The molecule has 0 atom stereocenters. The number of hydrogen-bond acceptors (Lipinski definition) is 4. The van der Waals surface area contributed by atoms with Gasteiger partial charge in [0.15, 0.2) is 6.61 Å². The Balaban J connectivity index is 3.19. The molecule has 0 saturated heterocycles. The predicted molar refractivity (Wildman–Crippen MR) is 34.1 cm³/mol. The first-order valence-electron chi connectivity index (χ1n) is 2.67. The number of hydrogen-bond donors (Lipinski definition) is 0. The molecule has 58 valence electrons. The molecular formula is C6H10O4. The van der Waals surface area contributed by atoms with Crippen molar-refractivity contribution < 1.29 is 19.0 Å². The molecule has 0 rings (SSSR count). The van der Waals surface area contributed by atoms with Gasteiger partial charge in [-0.25, -0.2) is 4.79 Å². The molecule has 0 aromatic rings. The van der Waals surface area contributed by atoms with Crippen molar-refractivity contribution in [2.45, 2.75) is 0 Å². The second-order valence-corrected chi connectivity index (χ2v) is 1.40. The molecule has 0 aliphatic carbocycles. The fourth-order valence-electron chi connectivity index (χ4n) is 0.270. The Kier molecular flexibility index (Phi) is 5.23. The molecule has 0 heterocycles. The van der Waals surface area contributed by atoms with Crippen molar-refractivity contribution in [1.29, 1.82) is 0 Å². The summed E-state index contributed by atoms with van der Waals surface area (Å²) in [6, 6.07) is 0. The highest BCUT2D eigenvalue weighted by Gasteiger charge is 1.95. The number of carbonyl (C=O) groups excluding carboxylic acids is 1. The highest BCUT2D eigenvalue weighted by Crippen LogP contribution is 1.80. The van der Waals surface area contributed by atoms with Crippen LogP contribution in [-0.2, 0) is 19.0 Å². The minimum Gasteiger partial charge on any atom is -0.501 e. The van der Waals surface area contributed by atoms with Crippen molar-refractivity contribution in [3.8, 4) is 0 Å². The molecule has 0 radical (unpaired) electrons. The van der Waals surface area contributed by atoms with Gasteiger partial charge in [-0.1, -0.05) is 0 Å². The van der Waals surface area contributed by atoms with Gasteiger partial charge in [0.05, 0.1) is 14.2 Å². The Bertz CT molecular complexity index is 119. The summed E-state index contributed by atoms with van der Waals surface area (Å²) in [5.74, 6) is -0.416. The summed E-state index contributed by atoms with van der Waals surface area (Å²) in [6.07, 6.45) is 2.60. The van der Waals surface area contributed by atoms with Gasteiger partial charge in [0.2, 0.25) is 0 Å². The van der Waals surface area contributed by atoms with E-state index >= 15 is 0 Å². The van der Waals surface area contributed by atoms with Gasteiger partial charge in [-0.3, -0.25) is 0 Å². The standard InChI is InChI=1S/C6H10O4/c1-8-3-4-10-5-6(7)9-2/h3-4H,5H2,1-2H3. The second kappa shape index (κ2) is 5.94. The maximum absolute atomic E-state index is 10.4. The predicted octanol–water partition coefficient (Wildman–Crippen LogP) is 0.294. The highest BCUT2D eigenvalue weighted by atomic mass is 16.6. The van der Waals surface area contributed by atoms with Gasteiger partial charge in [0.25, 0.3) is 0 Å². The van der Waals surface area contributed by atoms with Crippen LogP contribution in [0.3, 0.4) is 0 Å². The maximum Gasteiger partial charge on any atom is 0.343 e. The molecule has 0 aromatic heterocycles. The molecule has 0 saturated carbocycles. The average Bonchev–Trinajstić information content (AvgIpc) is 1.98. The van der Waals surface area contributed by atoms with Gasteiger partial charge >= 0.3 is 5.97 Å². The van der Waals surface area contributed by atoms with E-state index in [0.29, 0.717) is 0 Å². The van der Waals surface area contributed by atoms with Gasteiger partial charge < -0.3 is 14.2 Å². The summed E-state index contributed by atoms with van der Waals surface area (Å²) in [6.45, 7) is -0.0869. The van der Waals surface area contributed by atoms with Crippen LogP contribution in [0.5, 0.6) is 0 Å². The second-order valence-electron chi connectivity index (χ2n) is 1.40. The lowest BCUT2D eigenvalue weighted by atomic mass is 10.7. The average molecular weight is 146 g/mol. The highest BCUT2D eigenvalue weighted by molar-refractivity contribution is 5.70. The smallest absolute Gasteiger partial charge is 0.343 e. The molecule has 4 nitrogen and oxygen atoms in total.